The molecule has 2 aromatic carbocycles. The first kappa shape index (κ1) is 22.9. The summed E-state index contributed by atoms with van der Waals surface area (Å²) < 4.78 is 39.8. The van der Waals surface area contributed by atoms with Crippen LogP contribution < -0.4 is 10.1 Å². The second kappa shape index (κ2) is 9.70. The van der Waals surface area contributed by atoms with Crippen LogP contribution in [0.3, 0.4) is 0 Å². The fourth-order valence-electron chi connectivity index (χ4n) is 3.55. The predicted molar refractivity (Wildman–Crippen MR) is 120 cm³/mol. The number of rotatable bonds is 7. The van der Waals surface area contributed by atoms with E-state index < -0.39 is 17.6 Å². The number of nitrogens with zero attached hydrogens (tertiary/aromatic N) is 2. The third-order valence-corrected chi connectivity index (χ3v) is 5.24. The molecule has 0 aliphatic carbocycles. The number of nitrogens with one attached hydrogen (secondary N) is 1. The molecule has 0 unspecified atom stereocenters. The van der Waals surface area contributed by atoms with E-state index in [9.17, 15) is 18.4 Å². The van der Waals surface area contributed by atoms with E-state index in [1.54, 1.807) is 53.9 Å². The summed E-state index contributed by atoms with van der Waals surface area (Å²) in [6.07, 6.45) is 1.65. The molecule has 4 rings (SSSR count). The Morgan fingerprint density at radius 1 is 1.06 bits per heavy atom. The molecule has 0 aliphatic heterocycles. The van der Waals surface area contributed by atoms with E-state index in [1.807, 2.05) is 0 Å². The Morgan fingerprint density at radius 2 is 1.79 bits per heavy atom. The minimum atomic E-state index is -0.706. The van der Waals surface area contributed by atoms with Crippen LogP contribution in [0.15, 0.2) is 60.8 Å². The highest BCUT2D eigenvalue weighted by Crippen LogP contribution is 2.24. The quantitative estimate of drug-likeness (QED) is 0.414. The lowest BCUT2D eigenvalue weighted by atomic mass is 10.1. The molecule has 0 saturated heterocycles. The van der Waals surface area contributed by atoms with Crippen molar-refractivity contribution in [3.8, 4) is 5.75 Å². The average Bonchev–Trinajstić information content (AvgIpc) is 3.18. The van der Waals surface area contributed by atoms with Gasteiger partial charge in [-0.1, -0.05) is 18.2 Å². The first-order valence-corrected chi connectivity index (χ1v) is 10.4. The van der Waals surface area contributed by atoms with Crippen LogP contribution in [0.1, 0.15) is 37.7 Å². The third-order valence-electron chi connectivity index (χ3n) is 5.24. The normalized spacial score (nSPS) is 10.8. The van der Waals surface area contributed by atoms with Gasteiger partial charge in [-0.3, -0.25) is 9.20 Å². The lowest BCUT2D eigenvalue weighted by Crippen LogP contribution is -2.25. The lowest BCUT2D eigenvalue weighted by molar-refractivity contribution is 0.0600. The summed E-state index contributed by atoms with van der Waals surface area (Å²) in [4.78, 5) is 29.1. The molecule has 0 spiro atoms. The molecular weight excluding hydrogens is 444 g/mol. The molecule has 0 saturated carbocycles. The molecule has 0 radical (unpaired) electrons. The predicted octanol–water partition coefficient (Wildman–Crippen LogP) is 4.22. The van der Waals surface area contributed by atoms with Crippen molar-refractivity contribution >= 4 is 17.5 Å². The van der Waals surface area contributed by atoms with E-state index in [0.29, 0.717) is 22.6 Å². The molecule has 0 aliphatic rings. The lowest BCUT2D eigenvalue weighted by Gasteiger charge is -2.10. The number of aromatic nitrogens is 2. The van der Waals surface area contributed by atoms with Crippen LogP contribution in [-0.2, 0) is 17.9 Å². The van der Waals surface area contributed by atoms with Gasteiger partial charge in [0.2, 0.25) is 0 Å². The van der Waals surface area contributed by atoms with Crippen LogP contribution in [0.2, 0.25) is 0 Å². The number of esters is 1. The van der Waals surface area contributed by atoms with Gasteiger partial charge >= 0.3 is 5.97 Å². The highest BCUT2D eigenvalue weighted by molar-refractivity contribution is 5.95. The molecular formula is C25H21F2N3O4. The summed E-state index contributed by atoms with van der Waals surface area (Å²) in [5, 5.41) is 2.82. The maximum atomic E-state index is 13.9. The summed E-state index contributed by atoms with van der Waals surface area (Å²) in [5.41, 5.74) is 2.00. The fourth-order valence-corrected chi connectivity index (χ4v) is 3.55. The van der Waals surface area contributed by atoms with Crippen molar-refractivity contribution in [3.63, 3.8) is 0 Å². The van der Waals surface area contributed by atoms with Gasteiger partial charge in [0.1, 0.15) is 23.9 Å². The number of ether oxygens (including phenoxy) is 2. The van der Waals surface area contributed by atoms with Crippen molar-refractivity contribution in [2.75, 3.05) is 7.11 Å². The molecule has 2 heterocycles. The summed E-state index contributed by atoms with van der Waals surface area (Å²) in [5.74, 6) is -1.98. The van der Waals surface area contributed by atoms with Crippen LogP contribution in [0.4, 0.5) is 8.78 Å². The standard InChI is InChI=1S/C25H21F2N3O4/c1-15-22(24(31)28-13-16-6-3-7-17(12-16)25(32)33-2)30-11-5-10-21(23(30)29-15)34-14-18-19(26)8-4-9-20(18)27/h3-12H,13-14H2,1-2H3,(H,28,31). The van der Waals surface area contributed by atoms with Gasteiger partial charge < -0.3 is 14.8 Å². The summed E-state index contributed by atoms with van der Waals surface area (Å²) in [6.45, 7) is 1.53. The van der Waals surface area contributed by atoms with Gasteiger partial charge in [0.05, 0.1) is 23.9 Å². The maximum Gasteiger partial charge on any atom is 0.337 e. The zero-order chi connectivity index (χ0) is 24.2. The number of hydrogen-bond acceptors (Lipinski definition) is 5. The number of aryl methyl sites for hydroxylation is 1. The van der Waals surface area contributed by atoms with Crippen LogP contribution in [0.25, 0.3) is 5.65 Å². The number of hydrogen-bond donors (Lipinski definition) is 1. The number of halogens is 2. The molecule has 1 N–H and O–H groups in total. The second-order valence-corrected chi connectivity index (χ2v) is 7.48. The van der Waals surface area contributed by atoms with E-state index >= 15 is 0 Å². The van der Waals surface area contributed by atoms with Crippen molar-refractivity contribution < 1.29 is 27.8 Å². The van der Waals surface area contributed by atoms with Gasteiger partial charge in [0.25, 0.3) is 5.91 Å². The minimum absolute atomic E-state index is 0.180. The van der Waals surface area contributed by atoms with Crippen LogP contribution in [-0.4, -0.2) is 28.4 Å². The van der Waals surface area contributed by atoms with E-state index in [4.69, 9.17) is 9.47 Å². The number of pyridine rings is 1. The first-order valence-electron chi connectivity index (χ1n) is 10.4. The van der Waals surface area contributed by atoms with Crippen molar-refractivity contribution in [1.82, 2.24) is 14.7 Å². The Morgan fingerprint density at radius 3 is 2.53 bits per heavy atom. The molecule has 1 amide bonds. The maximum absolute atomic E-state index is 13.9. The smallest absolute Gasteiger partial charge is 0.337 e. The van der Waals surface area contributed by atoms with Gasteiger partial charge in [-0.25, -0.2) is 18.6 Å². The summed E-state index contributed by atoms with van der Waals surface area (Å²) in [7, 11) is 1.30. The fraction of sp³-hybridized carbons (Fsp3) is 0.160. The Kier molecular flexibility index (Phi) is 6.53. The minimum Gasteiger partial charge on any atom is -0.485 e. The number of fused-ring (bicyclic) bond motifs is 1. The van der Waals surface area contributed by atoms with Gasteiger partial charge in [0, 0.05) is 12.7 Å². The van der Waals surface area contributed by atoms with Crippen molar-refractivity contribution in [1.29, 1.82) is 0 Å². The molecule has 7 nitrogen and oxygen atoms in total. The third kappa shape index (κ3) is 4.59. The monoisotopic (exact) mass is 465 g/mol. The second-order valence-electron chi connectivity index (χ2n) is 7.48. The molecule has 0 atom stereocenters. The van der Waals surface area contributed by atoms with E-state index in [-0.39, 0.29) is 30.4 Å². The number of methoxy groups -OCH3 is 1. The Balaban J connectivity index is 1.54. The first-order chi connectivity index (χ1) is 16.4. The SMILES string of the molecule is COC(=O)c1cccc(CNC(=O)c2c(C)nc3c(OCc4c(F)cccc4F)cccn23)c1. The van der Waals surface area contributed by atoms with Crippen LogP contribution in [0.5, 0.6) is 5.75 Å². The summed E-state index contributed by atoms with van der Waals surface area (Å²) >= 11 is 0. The van der Waals surface area contributed by atoms with E-state index in [1.165, 1.54) is 13.2 Å². The molecule has 174 valence electrons. The Labute approximate surface area is 194 Å². The molecule has 34 heavy (non-hydrogen) atoms. The largest absolute Gasteiger partial charge is 0.485 e. The zero-order valence-corrected chi connectivity index (χ0v) is 18.5. The van der Waals surface area contributed by atoms with Gasteiger partial charge in [-0.15, -0.1) is 0 Å². The highest BCUT2D eigenvalue weighted by atomic mass is 19.1. The molecule has 2 aromatic heterocycles. The van der Waals surface area contributed by atoms with E-state index in [2.05, 4.69) is 10.3 Å². The topological polar surface area (TPSA) is 81.9 Å². The molecule has 0 fully saturated rings. The van der Waals surface area contributed by atoms with Crippen molar-refractivity contribution in [2.24, 2.45) is 0 Å². The van der Waals surface area contributed by atoms with Crippen LogP contribution in [0, 0.1) is 18.6 Å². The molecule has 0 bridgehead atoms. The summed E-state index contributed by atoms with van der Waals surface area (Å²) in [6, 6.07) is 13.6. The van der Waals surface area contributed by atoms with Crippen LogP contribution >= 0.6 is 0 Å². The molecule has 4 aromatic rings. The average molecular weight is 465 g/mol. The van der Waals surface area contributed by atoms with Crippen molar-refractivity contribution in [3.05, 3.63) is 101 Å². The van der Waals surface area contributed by atoms with Gasteiger partial charge in [-0.05, 0) is 48.9 Å². The highest BCUT2D eigenvalue weighted by Gasteiger charge is 2.19. The van der Waals surface area contributed by atoms with E-state index in [0.717, 1.165) is 17.7 Å². The Bertz CT molecular complexity index is 1360. The van der Waals surface area contributed by atoms with Crippen molar-refractivity contribution in [2.45, 2.75) is 20.1 Å². The number of imidazole rings is 1. The number of amides is 1. The number of carbonyl (C=O) groups is 2. The Hall–Kier alpha value is -4.27. The molecule has 9 heteroatoms. The van der Waals surface area contributed by atoms with Gasteiger partial charge in [-0.2, -0.15) is 0 Å². The number of benzene rings is 2. The zero-order valence-electron chi connectivity index (χ0n) is 18.5. The number of carbonyl (C=O) groups excluding carboxylic acids is 2. The van der Waals surface area contributed by atoms with Gasteiger partial charge in [0.15, 0.2) is 11.4 Å².